The molecule has 0 fully saturated rings. The van der Waals surface area contributed by atoms with Crippen LogP contribution in [0.3, 0.4) is 0 Å². The van der Waals surface area contributed by atoms with Gasteiger partial charge in [0.25, 0.3) is 0 Å². The van der Waals surface area contributed by atoms with Gasteiger partial charge in [-0.3, -0.25) is 4.79 Å². The lowest BCUT2D eigenvalue weighted by atomic mass is 10.2. The van der Waals surface area contributed by atoms with E-state index in [1.165, 1.54) is 34.8 Å². The second-order valence-corrected chi connectivity index (χ2v) is 9.30. The van der Waals surface area contributed by atoms with E-state index in [1.54, 1.807) is 45.0 Å². The number of halogens is 2. The van der Waals surface area contributed by atoms with Gasteiger partial charge in [-0.2, -0.15) is 0 Å². The smallest absolute Gasteiger partial charge is 0.338 e. The number of esters is 1. The molecule has 0 spiro atoms. The highest BCUT2D eigenvalue weighted by Gasteiger charge is 2.28. The van der Waals surface area contributed by atoms with Gasteiger partial charge in [0.1, 0.15) is 28.2 Å². The van der Waals surface area contributed by atoms with Crippen LogP contribution in [0.2, 0.25) is 0 Å². The van der Waals surface area contributed by atoms with Crippen molar-refractivity contribution in [1.29, 1.82) is 0 Å². The lowest BCUT2D eigenvalue weighted by Crippen LogP contribution is -2.26. The Hall–Kier alpha value is -3.27. The zero-order valence-corrected chi connectivity index (χ0v) is 18.4. The molecule has 0 bridgehead atoms. The molecule has 3 aromatic rings. The third-order valence-electron chi connectivity index (χ3n) is 4.50. The van der Waals surface area contributed by atoms with Crippen molar-refractivity contribution in [3.8, 4) is 0 Å². The van der Waals surface area contributed by atoms with Crippen LogP contribution in [0.15, 0.2) is 53.6 Å². The predicted octanol–water partition coefficient (Wildman–Crippen LogP) is 4.48. The zero-order chi connectivity index (χ0) is 23.5. The fourth-order valence-electron chi connectivity index (χ4n) is 2.75. The van der Waals surface area contributed by atoms with Crippen LogP contribution in [0, 0.1) is 11.6 Å². The van der Waals surface area contributed by atoms with Crippen LogP contribution in [-0.4, -0.2) is 36.8 Å². The first kappa shape index (κ1) is 23.4. The number of ether oxygens (including phenoxy) is 1. The molecule has 3 rings (SSSR count). The number of hydrogen-bond acceptors (Lipinski definition) is 6. The maximum atomic E-state index is 13.3. The number of benzene rings is 2. The minimum Gasteiger partial charge on any atom is -0.480 e. The van der Waals surface area contributed by atoms with Crippen molar-refractivity contribution < 1.29 is 28.2 Å². The quantitative estimate of drug-likeness (QED) is 0.390. The zero-order valence-electron chi connectivity index (χ0n) is 17.6. The van der Waals surface area contributed by atoms with Crippen LogP contribution in [-0.2, 0) is 16.1 Å². The summed E-state index contributed by atoms with van der Waals surface area (Å²) in [6, 6.07) is 9.63. The summed E-state index contributed by atoms with van der Waals surface area (Å²) >= 11 is 1.17. The van der Waals surface area contributed by atoms with Crippen molar-refractivity contribution in [3.63, 3.8) is 0 Å². The first-order valence-corrected chi connectivity index (χ1v) is 10.4. The van der Waals surface area contributed by atoms with E-state index in [-0.39, 0.29) is 6.54 Å². The van der Waals surface area contributed by atoms with E-state index < -0.39 is 34.4 Å². The van der Waals surface area contributed by atoms with Gasteiger partial charge >= 0.3 is 11.9 Å². The summed E-state index contributed by atoms with van der Waals surface area (Å²) < 4.78 is 32.5. The van der Waals surface area contributed by atoms with Crippen LogP contribution in [0.5, 0.6) is 0 Å². The maximum Gasteiger partial charge on any atom is 0.338 e. The first-order valence-electron chi connectivity index (χ1n) is 9.62. The number of carboxylic acids is 1. The van der Waals surface area contributed by atoms with E-state index in [1.807, 2.05) is 0 Å². The van der Waals surface area contributed by atoms with Gasteiger partial charge in [-0.25, -0.2) is 18.3 Å². The van der Waals surface area contributed by atoms with Gasteiger partial charge in [0.15, 0.2) is 0 Å². The molecule has 0 saturated heterocycles. The van der Waals surface area contributed by atoms with Crippen molar-refractivity contribution >= 4 is 23.7 Å². The highest BCUT2D eigenvalue weighted by atomic mass is 32.2. The molecular formula is C22H21F2N3O4S. The molecule has 32 heavy (non-hydrogen) atoms. The van der Waals surface area contributed by atoms with Crippen LogP contribution in [0.25, 0.3) is 0 Å². The average Bonchev–Trinajstić information content (AvgIpc) is 3.16. The molecular weight excluding hydrogens is 440 g/mol. The summed E-state index contributed by atoms with van der Waals surface area (Å²) in [6.45, 7) is 4.94. The summed E-state index contributed by atoms with van der Waals surface area (Å²) in [5.41, 5.74) is 1.07. The van der Waals surface area contributed by atoms with E-state index >= 15 is 0 Å². The molecule has 0 amide bonds. The SMILES string of the molecule is C[C@@H](OC(=O)c1ccc(SC(C)(C)C(=O)O)cc1)c1cn(Cc2cc(F)cc(F)c2)nn1. The van der Waals surface area contributed by atoms with Gasteiger partial charge in [0, 0.05) is 11.0 Å². The Bertz CT molecular complexity index is 1110. The standard InChI is InChI=1S/C22H21F2N3O4S/c1-13(19-12-27(26-25-19)11-14-8-16(23)10-17(24)9-14)31-20(28)15-4-6-18(7-5-15)32-22(2,3)21(29)30/h4-10,12-13H,11H2,1-3H3,(H,29,30)/t13-/m1/s1. The molecule has 10 heteroatoms. The highest BCUT2D eigenvalue weighted by molar-refractivity contribution is 8.01. The molecule has 0 unspecified atom stereocenters. The third kappa shape index (κ3) is 5.91. The molecule has 1 aromatic heterocycles. The second-order valence-electron chi connectivity index (χ2n) is 7.61. The van der Waals surface area contributed by atoms with Gasteiger partial charge < -0.3 is 9.84 Å². The Labute approximate surface area is 187 Å². The molecule has 2 aromatic carbocycles. The van der Waals surface area contributed by atoms with Crippen molar-refractivity contribution in [2.24, 2.45) is 0 Å². The van der Waals surface area contributed by atoms with E-state index in [0.29, 0.717) is 21.7 Å². The van der Waals surface area contributed by atoms with Crippen LogP contribution >= 0.6 is 11.8 Å². The van der Waals surface area contributed by atoms with Crippen LogP contribution in [0.1, 0.15) is 48.5 Å². The second kappa shape index (κ2) is 9.47. The number of hydrogen-bond donors (Lipinski definition) is 1. The third-order valence-corrected chi connectivity index (χ3v) is 5.69. The number of carbonyl (C=O) groups excluding carboxylic acids is 1. The topological polar surface area (TPSA) is 94.3 Å². The van der Waals surface area contributed by atoms with Gasteiger partial charge in [0.2, 0.25) is 0 Å². The number of rotatable bonds is 8. The molecule has 0 aliphatic rings. The molecule has 1 atom stereocenters. The molecule has 1 N–H and O–H groups in total. The summed E-state index contributed by atoms with van der Waals surface area (Å²) in [5.74, 6) is -2.87. The van der Waals surface area contributed by atoms with Gasteiger partial charge in [-0.05, 0) is 62.7 Å². The largest absolute Gasteiger partial charge is 0.480 e. The number of nitrogens with zero attached hydrogens (tertiary/aromatic N) is 3. The minimum absolute atomic E-state index is 0.105. The summed E-state index contributed by atoms with van der Waals surface area (Å²) in [7, 11) is 0. The molecule has 168 valence electrons. The minimum atomic E-state index is -1.00. The molecule has 0 aliphatic heterocycles. The Morgan fingerprint density at radius 2 is 1.78 bits per heavy atom. The Kier molecular flexibility index (Phi) is 6.93. The lowest BCUT2D eigenvalue weighted by Gasteiger charge is -2.18. The van der Waals surface area contributed by atoms with E-state index in [2.05, 4.69) is 10.3 Å². The van der Waals surface area contributed by atoms with Crippen molar-refractivity contribution in [2.45, 2.75) is 43.1 Å². The Balaban J connectivity index is 1.61. The molecule has 0 radical (unpaired) electrons. The Morgan fingerprint density at radius 1 is 1.16 bits per heavy atom. The van der Waals surface area contributed by atoms with Crippen molar-refractivity contribution in [3.05, 3.63) is 77.1 Å². The molecule has 0 saturated carbocycles. The Morgan fingerprint density at radius 3 is 2.38 bits per heavy atom. The number of aliphatic carboxylic acids is 1. The summed E-state index contributed by atoms with van der Waals surface area (Å²) in [5, 5.41) is 17.1. The average molecular weight is 461 g/mol. The van der Waals surface area contributed by atoms with E-state index in [0.717, 1.165) is 6.07 Å². The predicted molar refractivity (Wildman–Crippen MR) is 113 cm³/mol. The van der Waals surface area contributed by atoms with Crippen LogP contribution < -0.4 is 0 Å². The molecule has 0 aliphatic carbocycles. The van der Waals surface area contributed by atoms with E-state index in [9.17, 15) is 23.5 Å². The van der Waals surface area contributed by atoms with E-state index in [4.69, 9.17) is 4.74 Å². The number of carboxylic acid groups (broad SMARTS) is 1. The monoisotopic (exact) mass is 461 g/mol. The maximum absolute atomic E-state index is 13.3. The van der Waals surface area contributed by atoms with Gasteiger partial charge in [-0.15, -0.1) is 16.9 Å². The fourth-order valence-corrected chi connectivity index (χ4v) is 3.70. The first-order chi connectivity index (χ1) is 15.0. The van der Waals surface area contributed by atoms with Crippen molar-refractivity contribution in [1.82, 2.24) is 15.0 Å². The van der Waals surface area contributed by atoms with Gasteiger partial charge in [0.05, 0.1) is 18.3 Å². The number of aromatic nitrogens is 3. The molecule has 7 nitrogen and oxygen atoms in total. The summed E-state index contributed by atoms with van der Waals surface area (Å²) in [4.78, 5) is 24.4. The normalized spacial score (nSPS) is 12.4. The van der Waals surface area contributed by atoms with Crippen molar-refractivity contribution in [2.75, 3.05) is 0 Å². The molecule has 1 heterocycles. The highest BCUT2D eigenvalue weighted by Crippen LogP contribution is 2.32. The van der Waals surface area contributed by atoms with Crippen LogP contribution in [0.4, 0.5) is 8.78 Å². The number of carbonyl (C=O) groups is 2. The number of thioether (sulfide) groups is 1. The fraction of sp³-hybridized carbons (Fsp3) is 0.273. The van der Waals surface area contributed by atoms with Gasteiger partial charge in [-0.1, -0.05) is 5.21 Å². The lowest BCUT2D eigenvalue weighted by molar-refractivity contribution is -0.138. The summed E-state index contributed by atoms with van der Waals surface area (Å²) in [6.07, 6.45) is 0.828.